The number of rotatable bonds is 8. The minimum atomic E-state index is 0.657. The van der Waals surface area contributed by atoms with Crippen LogP contribution in [0, 0.1) is 0 Å². The third-order valence-electron chi connectivity index (χ3n) is 2.76. The molecule has 0 amide bonds. The summed E-state index contributed by atoms with van der Waals surface area (Å²) < 4.78 is 7.37. The maximum Gasteiger partial charge on any atom is 0.153 e. The summed E-state index contributed by atoms with van der Waals surface area (Å²) in [5.74, 6) is 0. The van der Waals surface area contributed by atoms with Crippen molar-refractivity contribution in [3.63, 3.8) is 0 Å². The van der Waals surface area contributed by atoms with E-state index < -0.39 is 0 Å². The van der Waals surface area contributed by atoms with Crippen LogP contribution in [0.25, 0.3) is 0 Å². The van der Waals surface area contributed by atoms with Gasteiger partial charge in [-0.2, -0.15) is 5.10 Å². The predicted octanol–water partition coefficient (Wildman–Crippen LogP) is 2.25. The van der Waals surface area contributed by atoms with Crippen LogP contribution in [0.4, 0.5) is 0 Å². The molecular formula is C13H22N2O2. The molecule has 0 aliphatic rings. The van der Waals surface area contributed by atoms with Crippen molar-refractivity contribution >= 4 is 6.29 Å². The van der Waals surface area contributed by atoms with E-state index in [1.165, 1.54) is 0 Å². The molecule has 0 unspecified atom stereocenters. The smallest absolute Gasteiger partial charge is 0.153 e. The van der Waals surface area contributed by atoms with Gasteiger partial charge in [-0.15, -0.1) is 0 Å². The number of hydrogen-bond donors (Lipinski definition) is 0. The summed E-state index contributed by atoms with van der Waals surface area (Å²) >= 11 is 0. The summed E-state index contributed by atoms with van der Waals surface area (Å²) in [4.78, 5) is 11.1. The molecule has 0 aromatic carbocycles. The summed E-state index contributed by atoms with van der Waals surface area (Å²) in [5.41, 5.74) is 2.69. The quantitative estimate of drug-likeness (QED) is 0.515. The Balaban J connectivity index is 2.76. The van der Waals surface area contributed by atoms with Crippen LogP contribution in [-0.4, -0.2) is 29.3 Å². The molecule has 0 aliphatic carbocycles. The van der Waals surface area contributed by atoms with Crippen molar-refractivity contribution in [2.75, 3.05) is 13.2 Å². The van der Waals surface area contributed by atoms with E-state index in [0.717, 1.165) is 55.7 Å². The fourth-order valence-corrected chi connectivity index (χ4v) is 1.92. The number of aldehydes is 1. The minimum absolute atomic E-state index is 0.657. The van der Waals surface area contributed by atoms with Crippen LogP contribution >= 0.6 is 0 Å². The summed E-state index contributed by atoms with van der Waals surface area (Å²) in [7, 11) is 0. The first-order valence-electron chi connectivity index (χ1n) is 6.39. The highest BCUT2D eigenvalue weighted by Gasteiger charge is 2.14. The molecule has 0 atom stereocenters. The number of carbonyl (C=O) groups excluding carboxylic acids is 1. The number of carbonyl (C=O) groups is 1. The second-order valence-corrected chi connectivity index (χ2v) is 3.97. The van der Waals surface area contributed by atoms with Gasteiger partial charge >= 0.3 is 0 Å². The zero-order valence-corrected chi connectivity index (χ0v) is 11.0. The van der Waals surface area contributed by atoms with Crippen LogP contribution in [0.3, 0.4) is 0 Å². The zero-order chi connectivity index (χ0) is 12.7. The Morgan fingerprint density at radius 2 is 2.00 bits per heavy atom. The number of nitrogens with zero attached hydrogens (tertiary/aromatic N) is 2. The van der Waals surface area contributed by atoms with Crippen molar-refractivity contribution in [3.8, 4) is 0 Å². The zero-order valence-electron chi connectivity index (χ0n) is 11.0. The van der Waals surface area contributed by atoms with Gasteiger partial charge in [0.2, 0.25) is 0 Å². The highest BCUT2D eigenvalue weighted by atomic mass is 16.5. The fourth-order valence-electron chi connectivity index (χ4n) is 1.92. The van der Waals surface area contributed by atoms with Crippen LogP contribution in [-0.2, 0) is 24.1 Å². The lowest BCUT2D eigenvalue weighted by Gasteiger charge is -2.06. The van der Waals surface area contributed by atoms with E-state index in [2.05, 4.69) is 12.0 Å². The van der Waals surface area contributed by atoms with E-state index in [-0.39, 0.29) is 0 Å². The SMILES string of the molecule is CCCOCCn1nc(CC)c(C=O)c1CC. The summed E-state index contributed by atoms with van der Waals surface area (Å²) in [6.07, 6.45) is 3.58. The Hall–Kier alpha value is -1.16. The molecule has 1 rings (SSSR count). The highest BCUT2D eigenvalue weighted by Crippen LogP contribution is 2.14. The molecule has 0 bridgehead atoms. The first kappa shape index (κ1) is 13.9. The van der Waals surface area contributed by atoms with E-state index in [1.54, 1.807) is 0 Å². The average molecular weight is 238 g/mol. The molecule has 0 fully saturated rings. The van der Waals surface area contributed by atoms with Crippen molar-refractivity contribution in [2.45, 2.75) is 46.6 Å². The molecule has 4 nitrogen and oxygen atoms in total. The Labute approximate surface area is 103 Å². The molecule has 96 valence electrons. The van der Waals surface area contributed by atoms with Gasteiger partial charge < -0.3 is 4.74 Å². The Morgan fingerprint density at radius 1 is 1.24 bits per heavy atom. The molecule has 1 aromatic heterocycles. The number of ether oxygens (including phenoxy) is 1. The van der Waals surface area contributed by atoms with Gasteiger partial charge in [-0.1, -0.05) is 20.8 Å². The monoisotopic (exact) mass is 238 g/mol. The largest absolute Gasteiger partial charge is 0.380 e. The van der Waals surface area contributed by atoms with Crippen molar-refractivity contribution < 1.29 is 9.53 Å². The third kappa shape index (κ3) is 3.40. The second kappa shape index (κ2) is 7.22. The first-order chi connectivity index (χ1) is 8.28. The second-order valence-electron chi connectivity index (χ2n) is 3.97. The van der Waals surface area contributed by atoms with E-state index >= 15 is 0 Å². The summed E-state index contributed by atoms with van der Waals surface area (Å²) in [5, 5.41) is 4.47. The van der Waals surface area contributed by atoms with Gasteiger partial charge in [-0.25, -0.2) is 0 Å². The van der Waals surface area contributed by atoms with Crippen molar-refractivity contribution in [3.05, 3.63) is 17.0 Å². The van der Waals surface area contributed by atoms with Crippen LogP contribution in [0.15, 0.2) is 0 Å². The molecule has 0 radical (unpaired) electrons. The lowest BCUT2D eigenvalue weighted by molar-refractivity contribution is 0.112. The Bertz CT molecular complexity index is 359. The van der Waals surface area contributed by atoms with E-state index in [1.807, 2.05) is 18.5 Å². The van der Waals surface area contributed by atoms with Crippen LogP contribution in [0.5, 0.6) is 0 Å². The van der Waals surface area contributed by atoms with Crippen molar-refractivity contribution in [1.82, 2.24) is 9.78 Å². The molecule has 1 aromatic rings. The summed E-state index contributed by atoms with van der Waals surface area (Å²) in [6, 6.07) is 0. The number of aromatic nitrogens is 2. The normalized spacial score (nSPS) is 10.8. The number of hydrogen-bond acceptors (Lipinski definition) is 3. The lowest BCUT2D eigenvalue weighted by Crippen LogP contribution is -2.11. The van der Waals surface area contributed by atoms with Gasteiger partial charge in [0.1, 0.15) is 0 Å². The van der Waals surface area contributed by atoms with Gasteiger partial charge in [0.15, 0.2) is 6.29 Å². The first-order valence-corrected chi connectivity index (χ1v) is 6.39. The van der Waals surface area contributed by atoms with E-state index in [0.29, 0.717) is 6.61 Å². The maximum atomic E-state index is 11.1. The van der Waals surface area contributed by atoms with Crippen LogP contribution < -0.4 is 0 Å². The lowest BCUT2D eigenvalue weighted by atomic mass is 10.1. The Morgan fingerprint density at radius 3 is 2.53 bits per heavy atom. The topological polar surface area (TPSA) is 44.1 Å². The van der Waals surface area contributed by atoms with Gasteiger partial charge in [0.25, 0.3) is 0 Å². The van der Waals surface area contributed by atoms with Gasteiger partial charge in [-0.3, -0.25) is 9.48 Å². The molecule has 0 saturated carbocycles. The maximum absolute atomic E-state index is 11.1. The summed E-state index contributed by atoms with van der Waals surface area (Å²) in [6.45, 7) is 8.32. The predicted molar refractivity (Wildman–Crippen MR) is 67.5 cm³/mol. The molecule has 4 heteroatoms. The van der Waals surface area contributed by atoms with Crippen molar-refractivity contribution in [1.29, 1.82) is 0 Å². The Kier molecular flexibility index (Phi) is 5.91. The molecule has 1 heterocycles. The molecule has 17 heavy (non-hydrogen) atoms. The molecular weight excluding hydrogens is 216 g/mol. The van der Waals surface area contributed by atoms with Crippen molar-refractivity contribution in [2.24, 2.45) is 0 Å². The minimum Gasteiger partial charge on any atom is -0.380 e. The van der Waals surface area contributed by atoms with E-state index in [4.69, 9.17) is 4.74 Å². The van der Waals surface area contributed by atoms with Crippen LogP contribution in [0.2, 0.25) is 0 Å². The standard InChI is InChI=1S/C13H22N2O2/c1-4-8-17-9-7-15-13(6-3)11(10-16)12(5-2)14-15/h10H,4-9H2,1-3H3. The van der Waals surface area contributed by atoms with Gasteiger partial charge in [0, 0.05) is 12.3 Å². The molecule has 0 spiro atoms. The van der Waals surface area contributed by atoms with Gasteiger partial charge in [0.05, 0.1) is 24.4 Å². The average Bonchev–Trinajstić information content (AvgIpc) is 2.71. The van der Waals surface area contributed by atoms with E-state index in [9.17, 15) is 4.79 Å². The molecule has 0 N–H and O–H groups in total. The molecule has 0 saturated heterocycles. The van der Waals surface area contributed by atoms with Gasteiger partial charge in [-0.05, 0) is 19.3 Å². The van der Waals surface area contributed by atoms with Crippen LogP contribution in [0.1, 0.15) is 48.9 Å². The highest BCUT2D eigenvalue weighted by molar-refractivity contribution is 5.78. The fraction of sp³-hybridized carbons (Fsp3) is 0.692. The number of aryl methyl sites for hydroxylation is 1. The molecule has 0 aliphatic heterocycles. The third-order valence-corrected chi connectivity index (χ3v) is 2.76.